The molecule has 0 bridgehead atoms. The Hall–Kier alpha value is -3.35. The summed E-state index contributed by atoms with van der Waals surface area (Å²) in [5.41, 5.74) is 5.90. The van der Waals surface area contributed by atoms with Crippen molar-refractivity contribution in [1.82, 2.24) is 18.5 Å². The van der Waals surface area contributed by atoms with Crippen LogP contribution in [0.15, 0.2) is 88.6 Å². The minimum atomic E-state index is 0.0670. The van der Waals surface area contributed by atoms with Crippen molar-refractivity contribution < 1.29 is 0 Å². The van der Waals surface area contributed by atoms with Gasteiger partial charge in [-0.15, -0.1) is 0 Å². The van der Waals surface area contributed by atoms with Crippen LogP contribution in [-0.2, 0) is 6.54 Å². The maximum atomic E-state index is 13.6. The maximum absolute atomic E-state index is 13.6. The zero-order chi connectivity index (χ0) is 23.2. The van der Waals surface area contributed by atoms with Crippen molar-refractivity contribution in [2.24, 2.45) is 5.92 Å². The van der Waals surface area contributed by atoms with Crippen molar-refractivity contribution in [1.29, 1.82) is 0 Å². The zero-order valence-electron chi connectivity index (χ0n) is 19.3. The van der Waals surface area contributed by atoms with Crippen molar-refractivity contribution in [2.75, 3.05) is 14.1 Å². The summed E-state index contributed by atoms with van der Waals surface area (Å²) in [6.45, 7) is 0.754. The Kier molecular flexibility index (Phi) is 5.27. The molecule has 0 saturated heterocycles. The number of aromatic nitrogens is 3. The van der Waals surface area contributed by atoms with Gasteiger partial charge in [0.25, 0.3) is 5.56 Å². The van der Waals surface area contributed by atoms with Crippen LogP contribution in [0.25, 0.3) is 38.9 Å². The van der Waals surface area contributed by atoms with Gasteiger partial charge in [-0.1, -0.05) is 48.5 Å². The quantitative estimate of drug-likeness (QED) is 0.290. The third kappa shape index (κ3) is 3.93. The van der Waals surface area contributed by atoms with E-state index in [-0.39, 0.29) is 5.56 Å². The fourth-order valence-corrected chi connectivity index (χ4v) is 5.23. The summed E-state index contributed by atoms with van der Waals surface area (Å²) in [6.07, 6.45) is 2.38. The molecule has 0 radical (unpaired) electrons. The normalized spacial score (nSPS) is 13.9. The summed E-state index contributed by atoms with van der Waals surface area (Å²) in [4.78, 5) is 14.8. The van der Waals surface area contributed by atoms with Crippen molar-refractivity contribution in [3.8, 4) is 22.4 Å². The van der Waals surface area contributed by atoms with Crippen molar-refractivity contribution in [3.05, 3.63) is 89.2 Å². The predicted molar refractivity (Wildman–Crippen MR) is 140 cm³/mol. The van der Waals surface area contributed by atoms with Gasteiger partial charge in [-0.3, -0.25) is 13.7 Å². The highest BCUT2D eigenvalue weighted by atomic mass is 32.2. The van der Waals surface area contributed by atoms with Gasteiger partial charge < -0.3 is 0 Å². The molecule has 0 aliphatic heterocycles. The van der Waals surface area contributed by atoms with Gasteiger partial charge in [0.05, 0.1) is 16.6 Å². The Labute approximate surface area is 202 Å². The molecule has 0 atom stereocenters. The molecule has 6 heteroatoms. The largest absolute Gasteiger partial charge is 0.292 e. The minimum absolute atomic E-state index is 0.0670. The summed E-state index contributed by atoms with van der Waals surface area (Å²) in [5.74, 6) is 0.588. The highest BCUT2D eigenvalue weighted by Crippen LogP contribution is 2.33. The average Bonchev–Trinajstić information content (AvgIpc) is 3.56. The van der Waals surface area contributed by atoms with E-state index in [4.69, 9.17) is 5.10 Å². The average molecular weight is 467 g/mol. The van der Waals surface area contributed by atoms with Gasteiger partial charge in [0, 0.05) is 23.1 Å². The predicted octanol–water partition coefficient (Wildman–Crippen LogP) is 5.96. The van der Waals surface area contributed by atoms with E-state index >= 15 is 0 Å². The lowest BCUT2D eigenvalue weighted by atomic mass is 10.0. The molecule has 0 N–H and O–H groups in total. The van der Waals surface area contributed by atoms with Crippen LogP contribution in [-0.4, -0.2) is 32.6 Å². The van der Waals surface area contributed by atoms with Crippen LogP contribution in [0.5, 0.6) is 0 Å². The smallest absolute Gasteiger partial charge is 0.261 e. The van der Waals surface area contributed by atoms with Crippen LogP contribution in [0.2, 0.25) is 0 Å². The SMILES string of the molecule is CN(C)Sc1cccc(-c2ccc3c(=O)n(CC4CC4)c4cc(-c5ccccc5)nn4c3c2)c1. The van der Waals surface area contributed by atoms with Crippen LogP contribution in [0, 0.1) is 5.92 Å². The molecule has 6 rings (SSSR count). The number of hydrogen-bond acceptors (Lipinski definition) is 4. The fraction of sp³-hybridized carbons (Fsp3) is 0.214. The van der Waals surface area contributed by atoms with E-state index in [0.717, 1.165) is 40.1 Å². The monoisotopic (exact) mass is 466 g/mol. The van der Waals surface area contributed by atoms with Gasteiger partial charge in [0.2, 0.25) is 0 Å². The molecule has 1 aliphatic carbocycles. The Balaban J connectivity index is 1.56. The Morgan fingerprint density at radius 2 is 1.68 bits per heavy atom. The van der Waals surface area contributed by atoms with Gasteiger partial charge in [0.1, 0.15) is 5.65 Å². The van der Waals surface area contributed by atoms with Gasteiger partial charge in [-0.25, -0.2) is 4.52 Å². The van der Waals surface area contributed by atoms with Gasteiger partial charge in [0.15, 0.2) is 0 Å². The van der Waals surface area contributed by atoms with Crippen LogP contribution in [0.4, 0.5) is 0 Å². The third-order valence-corrected chi connectivity index (χ3v) is 7.16. The van der Waals surface area contributed by atoms with Crippen molar-refractivity contribution >= 4 is 28.5 Å². The van der Waals surface area contributed by atoms with Crippen LogP contribution in [0.3, 0.4) is 0 Å². The number of rotatable bonds is 6. The third-order valence-electron chi connectivity index (χ3n) is 6.33. The number of fused-ring (bicyclic) bond motifs is 3. The van der Waals surface area contributed by atoms with E-state index in [1.807, 2.05) is 47.4 Å². The lowest BCUT2D eigenvalue weighted by molar-refractivity contribution is 0.618. The Morgan fingerprint density at radius 3 is 2.44 bits per heavy atom. The first-order valence-corrected chi connectivity index (χ1v) is 12.4. The Bertz CT molecular complexity index is 1560. The van der Waals surface area contributed by atoms with Crippen LogP contribution in [0.1, 0.15) is 12.8 Å². The fourth-order valence-electron chi connectivity index (χ4n) is 4.49. The minimum Gasteiger partial charge on any atom is -0.292 e. The number of nitrogens with zero attached hydrogens (tertiary/aromatic N) is 4. The molecule has 5 nitrogen and oxygen atoms in total. The van der Waals surface area contributed by atoms with Crippen LogP contribution >= 0.6 is 11.9 Å². The van der Waals surface area contributed by atoms with Crippen molar-refractivity contribution in [2.45, 2.75) is 24.3 Å². The molecule has 0 spiro atoms. The highest BCUT2D eigenvalue weighted by molar-refractivity contribution is 7.97. The summed E-state index contributed by atoms with van der Waals surface area (Å²) in [5, 5.41) is 5.69. The molecule has 3 aromatic carbocycles. The van der Waals surface area contributed by atoms with Crippen LogP contribution < -0.4 is 5.56 Å². The molecule has 0 amide bonds. The molecule has 0 unspecified atom stereocenters. The van der Waals surface area contributed by atoms with E-state index in [1.165, 1.54) is 17.7 Å². The maximum Gasteiger partial charge on any atom is 0.261 e. The highest BCUT2D eigenvalue weighted by Gasteiger charge is 2.25. The van der Waals surface area contributed by atoms with Crippen molar-refractivity contribution in [3.63, 3.8) is 0 Å². The number of hydrogen-bond donors (Lipinski definition) is 0. The second kappa shape index (κ2) is 8.46. The first-order chi connectivity index (χ1) is 16.6. The molecule has 1 saturated carbocycles. The van der Waals surface area contributed by atoms with E-state index in [0.29, 0.717) is 11.3 Å². The van der Waals surface area contributed by atoms with E-state index in [2.05, 4.69) is 58.9 Å². The second-order valence-corrected chi connectivity index (χ2v) is 10.6. The second-order valence-electron chi connectivity index (χ2n) is 9.19. The topological polar surface area (TPSA) is 42.5 Å². The summed E-state index contributed by atoms with van der Waals surface area (Å²) in [6, 6.07) is 26.8. The molecule has 1 aliphatic rings. The molecule has 2 aromatic heterocycles. The molecule has 5 aromatic rings. The molecule has 2 heterocycles. The summed E-state index contributed by atoms with van der Waals surface area (Å²) in [7, 11) is 4.08. The summed E-state index contributed by atoms with van der Waals surface area (Å²) >= 11 is 1.69. The molecule has 34 heavy (non-hydrogen) atoms. The van der Waals surface area contributed by atoms with Gasteiger partial charge in [-0.05, 0) is 80.2 Å². The number of benzene rings is 3. The Morgan fingerprint density at radius 1 is 0.912 bits per heavy atom. The standard InChI is InChI=1S/C28H26N4OS/c1-30(2)34-23-10-6-9-21(15-23)22-13-14-24-26(16-22)32-27(31(28(24)33)18-19-11-12-19)17-25(29-32)20-7-4-3-5-8-20/h3-10,13-17,19H,11-12,18H2,1-2H3. The zero-order valence-corrected chi connectivity index (χ0v) is 20.1. The van der Waals surface area contributed by atoms with E-state index in [9.17, 15) is 4.79 Å². The lowest BCUT2D eigenvalue weighted by Crippen LogP contribution is -2.23. The van der Waals surface area contributed by atoms with E-state index in [1.54, 1.807) is 11.9 Å². The van der Waals surface area contributed by atoms with E-state index < -0.39 is 0 Å². The first-order valence-electron chi connectivity index (χ1n) is 11.6. The molecular formula is C28H26N4OS. The molecular weight excluding hydrogens is 440 g/mol. The molecule has 170 valence electrons. The van der Waals surface area contributed by atoms with Gasteiger partial charge >= 0.3 is 0 Å². The lowest BCUT2D eigenvalue weighted by Gasteiger charge is -2.12. The summed E-state index contributed by atoms with van der Waals surface area (Å²) < 4.78 is 5.97. The first kappa shape index (κ1) is 21.2. The molecule has 1 fully saturated rings. The van der Waals surface area contributed by atoms with Gasteiger partial charge in [-0.2, -0.15) is 5.10 Å².